The van der Waals surface area contributed by atoms with Crippen LogP contribution in [0.15, 0.2) is 54.2 Å². The molecule has 2 rings (SSSR count). The van der Waals surface area contributed by atoms with Gasteiger partial charge in [-0.1, -0.05) is 35.5 Å². The van der Waals surface area contributed by atoms with Crippen molar-refractivity contribution in [2.75, 3.05) is 0 Å². The van der Waals surface area contributed by atoms with Crippen LogP contribution in [0.25, 0.3) is 0 Å². The Morgan fingerprint density at radius 3 is 2.53 bits per heavy atom. The lowest BCUT2D eigenvalue weighted by atomic mass is 9.92. The third-order valence-electron chi connectivity index (χ3n) is 2.88. The minimum atomic E-state index is -0.452. The summed E-state index contributed by atoms with van der Waals surface area (Å²) in [5.41, 5.74) is 1.05. The second-order valence-electron chi connectivity index (χ2n) is 4.34. The molecule has 0 spiro atoms. The van der Waals surface area contributed by atoms with Gasteiger partial charge in [-0.2, -0.15) is 0 Å². The fourth-order valence-electron chi connectivity index (χ4n) is 1.84. The molecule has 1 aromatic heterocycles. The van der Waals surface area contributed by atoms with Gasteiger partial charge in [-0.3, -0.25) is 0 Å². The lowest BCUT2D eigenvalue weighted by Crippen LogP contribution is -2.35. The first-order valence-corrected chi connectivity index (χ1v) is 5.42. The largest absolute Gasteiger partial charge is 0.411 e. The van der Waals surface area contributed by atoms with Crippen LogP contribution >= 0.6 is 0 Å². The molecule has 4 heteroatoms. The summed E-state index contributed by atoms with van der Waals surface area (Å²) < 4.78 is 1.91. The Labute approximate surface area is 100 Å². The third-order valence-corrected chi connectivity index (χ3v) is 2.88. The molecule has 1 heterocycles. The standard InChI is InChI=1S/C13H15N3O/c1-13(2,16-9-8-14-10-16)12(15-17)11-6-4-3-5-7-11/h3-10,17H,1-2H3/b15-12-. The molecule has 17 heavy (non-hydrogen) atoms. The van der Waals surface area contributed by atoms with E-state index in [-0.39, 0.29) is 0 Å². The maximum Gasteiger partial charge on any atom is 0.112 e. The summed E-state index contributed by atoms with van der Waals surface area (Å²) in [6, 6.07) is 9.62. The van der Waals surface area contributed by atoms with Crippen LogP contribution in [0.4, 0.5) is 0 Å². The molecule has 1 aromatic carbocycles. The lowest BCUT2D eigenvalue weighted by Gasteiger charge is -2.27. The highest BCUT2D eigenvalue weighted by atomic mass is 16.4. The van der Waals surface area contributed by atoms with Gasteiger partial charge < -0.3 is 9.77 Å². The zero-order chi connectivity index (χ0) is 12.3. The van der Waals surface area contributed by atoms with Gasteiger partial charge in [0.1, 0.15) is 5.71 Å². The average molecular weight is 229 g/mol. The van der Waals surface area contributed by atoms with Gasteiger partial charge in [0.15, 0.2) is 0 Å². The molecule has 0 radical (unpaired) electrons. The molecular formula is C13H15N3O. The molecule has 0 unspecified atom stereocenters. The van der Waals surface area contributed by atoms with Crippen LogP contribution in [0, 0.1) is 0 Å². The van der Waals surface area contributed by atoms with Gasteiger partial charge in [-0.05, 0) is 13.8 Å². The van der Waals surface area contributed by atoms with Gasteiger partial charge in [-0.25, -0.2) is 4.98 Å². The fraction of sp³-hybridized carbons (Fsp3) is 0.231. The predicted octanol–water partition coefficient (Wildman–Crippen LogP) is 2.50. The quantitative estimate of drug-likeness (QED) is 0.499. The van der Waals surface area contributed by atoms with Crippen molar-refractivity contribution < 1.29 is 5.21 Å². The summed E-state index contributed by atoms with van der Waals surface area (Å²) in [6.45, 7) is 3.97. The smallest absolute Gasteiger partial charge is 0.112 e. The van der Waals surface area contributed by atoms with Gasteiger partial charge in [0.05, 0.1) is 11.9 Å². The van der Waals surface area contributed by atoms with E-state index in [0.29, 0.717) is 5.71 Å². The maximum atomic E-state index is 9.27. The lowest BCUT2D eigenvalue weighted by molar-refractivity contribution is 0.309. The van der Waals surface area contributed by atoms with Crippen molar-refractivity contribution in [3.8, 4) is 0 Å². The molecule has 88 valence electrons. The van der Waals surface area contributed by atoms with Gasteiger partial charge >= 0.3 is 0 Å². The first kappa shape index (κ1) is 11.4. The number of hydrogen-bond donors (Lipinski definition) is 1. The summed E-state index contributed by atoms with van der Waals surface area (Å²) in [7, 11) is 0. The average Bonchev–Trinajstić information content (AvgIpc) is 2.85. The molecule has 0 fully saturated rings. The molecule has 0 saturated carbocycles. The summed E-state index contributed by atoms with van der Waals surface area (Å²) >= 11 is 0. The Hall–Kier alpha value is -2.10. The SMILES string of the molecule is CC(C)(/C(=N\O)c1ccccc1)n1ccnc1. The van der Waals surface area contributed by atoms with Crippen LogP contribution in [0.2, 0.25) is 0 Å². The molecule has 0 atom stereocenters. The Bertz CT molecular complexity index is 501. The van der Waals surface area contributed by atoms with Crippen LogP contribution in [-0.2, 0) is 5.54 Å². The highest BCUT2D eigenvalue weighted by molar-refractivity contribution is 6.05. The molecule has 4 nitrogen and oxygen atoms in total. The zero-order valence-corrected chi connectivity index (χ0v) is 9.91. The van der Waals surface area contributed by atoms with Crippen molar-refractivity contribution in [1.82, 2.24) is 9.55 Å². The van der Waals surface area contributed by atoms with E-state index in [1.54, 1.807) is 12.5 Å². The summed E-state index contributed by atoms with van der Waals surface area (Å²) in [5.74, 6) is 0. The Morgan fingerprint density at radius 2 is 2.00 bits per heavy atom. The van der Waals surface area contributed by atoms with Crippen molar-refractivity contribution in [1.29, 1.82) is 0 Å². The summed E-state index contributed by atoms with van der Waals surface area (Å²) in [6.07, 6.45) is 5.28. The van der Waals surface area contributed by atoms with Gasteiger partial charge in [0, 0.05) is 18.0 Å². The molecule has 0 saturated heterocycles. The van der Waals surface area contributed by atoms with Gasteiger partial charge in [0.25, 0.3) is 0 Å². The number of benzene rings is 1. The minimum absolute atomic E-state index is 0.452. The third kappa shape index (κ3) is 2.06. The van der Waals surface area contributed by atoms with E-state index >= 15 is 0 Å². The highest BCUT2D eigenvalue weighted by Crippen LogP contribution is 2.21. The molecule has 0 amide bonds. The summed E-state index contributed by atoms with van der Waals surface area (Å²) in [5, 5.41) is 12.7. The van der Waals surface area contributed by atoms with Crippen molar-refractivity contribution >= 4 is 5.71 Å². The second-order valence-corrected chi connectivity index (χ2v) is 4.34. The normalized spacial score (nSPS) is 12.7. The van der Waals surface area contributed by atoms with Crippen LogP contribution in [0.5, 0.6) is 0 Å². The number of imidazole rings is 1. The molecule has 0 aliphatic carbocycles. The maximum absolute atomic E-state index is 9.27. The van der Waals surface area contributed by atoms with Crippen LogP contribution < -0.4 is 0 Å². The first-order valence-electron chi connectivity index (χ1n) is 5.42. The number of oxime groups is 1. The van der Waals surface area contributed by atoms with Gasteiger partial charge in [0.2, 0.25) is 0 Å². The monoisotopic (exact) mass is 229 g/mol. The van der Waals surface area contributed by atoms with Crippen molar-refractivity contribution in [3.63, 3.8) is 0 Å². The minimum Gasteiger partial charge on any atom is -0.411 e. The van der Waals surface area contributed by atoms with E-state index < -0.39 is 5.54 Å². The molecule has 2 aromatic rings. The van der Waals surface area contributed by atoms with E-state index in [9.17, 15) is 5.21 Å². The predicted molar refractivity (Wildman–Crippen MR) is 66.3 cm³/mol. The second kappa shape index (κ2) is 4.41. The number of aromatic nitrogens is 2. The summed E-state index contributed by atoms with van der Waals surface area (Å²) in [4.78, 5) is 4.03. The fourth-order valence-corrected chi connectivity index (χ4v) is 1.84. The molecular weight excluding hydrogens is 214 g/mol. The zero-order valence-electron chi connectivity index (χ0n) is 9.91. The van der Waals surface area contributed by atoms with E-state index in [1.807, 2.05) is 54.9 Å². The number of nitrogens with zero attached hydrogens (tertiary/aromatic N) is 3. The van der Waals surface area contributed by atoms with Crippen molar-refractivity contribution in [3.05, 3.63) is 54.6 Å². The molecule has 1 N–H and O–H groups in total. The van der Waals surface area contributed by atoms with Crippen molar-refractivity contribution in [2.45, 2.75) is 19.4 Å². The highest BCUT2D eigenvalue weighted by Gasteiger charge is 2.28. The van der Waals surface area contributed by atoms with Crippen LogP contribution in [0.3, 0.4) is 0 Å². The molecule has 0 aliphatic rings. The van der Waals surface area contributed by atoms with E-state index in [4.69, 9.17) is 0 Å². The number of hydrogen-bond acceptors (Lipinski definition) is 3. The first-order chi connectivity index (χ1) is 8.16. The Balaban J connectivity index is 2.45. The molecule has 0 bridgehead atoms. The van der Waals surface area contributed by atoms with E-state index in [2.05, 4.69) is 10.1 Å². The molecule has 0 aliphatic heterocycles. The van der Waals surface area contributed by atoms with Crippen LogP contribution in [-0.4, -0.2) is 20.5 Å². The van der Waals surface area contributed by atoms with Crippen molar-refractivity contribution in [2.24, 2.45) is 5.16 Å². The van der Waals surface area contributed by atoms with Crippen LogP contribution in [0.1, 0.15) is 19.4 Å². The van der Waals surface area contributed by atoms with Gasteiger partial charge in [-0.15, -0.1) is 0 Å². The number of rotatable bonds is 3. The topological polar surface area (TPSA) is 50.4 Å². The van der Waals surface area contributed by atoms with E-state index in [0.717, 1.165) is 5.56 Å². The van der Waals surface area contributed by atoms with E-state index in [1.165, 1.54) is 0 Å². The Morgan fingerprint density at radius 1 is 1.29 bits per heavy atom. The Kier molecular flexibility index (Phi) is 2.95.